The molecule has 0 aliphatic rings. The Morgan fingerprint density at radius 3 is 2.72 bits per heavy atom. The summed E-state index contributed by atoms with van der Waals surface area (Å²) in [6.45, 7) is 0. The number of esters is 1. The number of fused-ring (bicyclic) bond motifs is 3. The lowest BCUT2D eigenvalue weighted by Crippen LogP contribution is -2.04. The first kappa shape index (κ1) is 15.5. The Labute approximate surface area is 147 Å². The molecule has 0 unspecified atom stereocenters. The number of phenols is 1. The number of pyridine rings is 1. The fourth-order valence-corrected chi connectivity index (χ4v) is 3.83. The van der Waals surface area contributed by atoms with Gasteiger partial charge in [-0.3, -0.25) is 0 Å². The van der Waals surface area contributed by atoms with Gasteiger partial charge in [0, 0.05) is 22.0 Å². The first-order valence-electron chi connectivity index (χ1n) is 7.61. The van der Waals surface area contributed by atoms with Crippen molar-refractivity contribution in [2.75, 3.05) is 14.2 Å². The van der Waals surface area contributed by atoms with Crippen LogP contribution in [-0.2, 0) is 4.74 Å². The standard InChI is InChI=1S/C19H15NO4S/c1-23-16-10-12-11(8-15(16)21)5-6-20-14(19(22)24-2)9-13(18(12)20)17-4-3-7-25-17/h3-10,21H,1-2H3. The Morgan fingerprint density at radius 1 is 1.20 bits per heavy atom. The van der Waals surface area contributed by atoms with Crippen molar-refractivity contribution in [2.45, 2.75) is 0 Å². The van der Waals surface area contributed by atoms with Gasteiger partial charge in [-0.05, 0) is 41.1 Å². The van der Waals surface area contributed by atoms with Crippen molar-refractivity contribution >= 4 is 33.6 Å². The van der Waals surface area contributed by atoms with Crippen LogP contribution in [0.5, 0.6) is 11.5 Å². The zero-order valence-electron chi connectivity index (χ0n) is 13.6. The van der Waals surface area contributed by atoms with Crippen molar-refractivity contribution in [1.82, 2.24) is 4.40 Å². The zero-order chi connectivity index (χ0) is 17.6. The third-order valence-corrected chi connectivity index (χ3v) is 5.13. The summed E-state index contributed by atoms with van der Waals surface area (Å²) >= 11 is 1.60. The number of nitrogens with zero attached hydrogens (tertiary/aromatic N) is 1. The van der Waals surface area contributed by atoms with Gasteiger partial charge in [-0.2, -0.15) is 0 Å². The van der Waals surface area contributed by atoms with Crippen molar-refractivity contribution in [2.24, 2.45) is 0 Å². The minimum Gasteiger partial charge on any atom is -0.504 e. The number of methoxy groups -OCH3 is 2. The van der Waals surface area contributed by atoms with Crippen molar-refractivity contribution < 1.29 is 19.4 Å². The van der Waals surface area contributed by atoms with Gasteiger partial charge in [0.1, 0.15) is 5.69 Å². The van der Waals surface area contributed by atoms with Gasteiger partial charge >= 0.3 is 5.97 Å². The van der Waals surface area contributed by atoms with E-state index in [1.807, 2.05) is 40.2 Å². The SMILES string of the molecule is COC(=O)c1cc(-c2cccs2)c2c3cc(OC)c(O)cc3ccn12. The first-order valence-corrected chi connectivity index (χ1v) is 8.49. The molecule has 0 radical (unpaired) electrons. The average Bonchev–Trinajstić information content (AvgIpc) is 3.27. The molecule has 3 aromatic heterocycles. The molecule has 1 N–H and O–H groups in total. The number of phenolic OH excluding ortho intramolecular Hbond substituents is 1. The lowest BCUT2D eigenvalue weighted by Gasteiger charge is -2.09. The molecule has 0 amide bonds. The van der Waals surface area contributed by atoms with E-state index < -0.39 is 5.97 Å². The van der Waals surface area contributed by atoms with Crippen molar-refractivity contribution in [3.8, 4) is 21.9 Å². The van der Waals surface area contributed by atoms with E-state index >= 15 is 0 Å². The van der Waals surface area contributed by atoms with Crippen molar-refractivity contribution in [1.29, 1.82) is 0 Å². The predicted octanol–water partition coefficient (Wildman–Crippen LogP) is 4.32. The van der Waals surface area contributed by atoms with E-state index in [9.17, 15) is 9.90 Å². The quantitative estimate of drug-likeness (QED) is 0.557. The minimum absolute atomic E-state index is 0.0803. The maximum atomic E-state index is 12.2. The summed E-state index contributed by atoms with van der Waals surface area (Å²) in [5.41, 5.74) is 2.27. The zero-order valence-corrected chi connectivity index (χ0v) is 14.5. The Morgan fingerprint density at radius 2 is 2.04 bits per heavy atom. The lowest BCUT2D eigenvalue weighted by molar-refractivity contribution is 0.0593. The number of aromatic hydroxyl groups is 1. The number of aromatic nitrogens is 1. The van der Waals surface area contributed by atoms with E-state index in [0.29, 0.717) is 11.4 Å². The van der Waals surface area contributed by atoms with E-state index in [0.717, 1.165) is 26.7 Å². The van der Waals surface area contributed by atoms with Crippen LogP contribution in [0.4, 0.5) is 0 Å². The summed E-state index contributed by atoms with van der Waals surface area (Å²) in [6.07, 6.45) is 1.81. The van der Waals surface area contributed by atoms with Crippen LogP contribution in [0.15, 0.2) is 48.0 Å². The highest BCUT2D eigenvalue weighted by molar-refractivity contribution is 7.13. The molecule has 3 heterocycles. The highest BCUT2D eigenvalue weighted by Crippen LogP contribution is 2.39. The fraction of sp³-hybridized carbons (Fsp3) is 0.105. The van der Waals surface area contributed by atoms with Gasteiger partial charge in [0.25, 0.3) is 0 Å². The minimum atomic E-state index is -0.400. The fourth-order valence-electron chi connectivity index (χ4n) is 3.08. The third-order valence-electron chi connectivity index (χ3n) is 4.23. The van der Waals surface area contributed by atoms with Gasteiger partial charge < -0.3 is 19.0 Å². The molecule has 4 aromatic rings. The first-order chi connectivity index (χ1) is 12.1. The normalized spacial score (nSPS) is 11.1. The summed E-state index contributed by atoms with van der Waals surface area (Å²) in [5.74, 6) is 0.0678. The van der Waals surface area contributed by atoms with Gasteiger partial charge in [0.2, 0.25) is 0 Å². The van der Waals surface area contributed by atoms with Crippen LogP contribution in [-0.4, -0.2) is 29.7 Å². The van der Waals surface area contributed by atoms with Crippen molar-refractivity contribution in [3.05, 3.63) is 53.7 Å². The van der Waals surface area contributed by atoms with Crippen LogP contribution in [0.1, 0.15) is 10.5 Å². The van der Waals surface area contributed by atoms with E-state index in [4.69, 9.17) is 9.47 Å². The molecule has 4 rings (SSSR count). The Kier molecular flexibility index (Phi) is 3.62. The molecule has 0 fully saturated rings. The van der Waals surface area contributed by atoms with E-state index in [-0.39, 0.29) is 5.75 Å². The lowest BCUT2D eigenvalue weighted by atomic mass is 10.1. The monoisotopic (exact) mass is 353 g/mol. The number of hydrogen-bond acceptors (Lipinski definition) is 5. The maximum Gasteiger partial charge on any atom is 0.355 e. The molecular weight excluding hydrogens is 338 g/mol. The van der Waals surface area contributed by atoms with Crippen LogP contribution in [0, 0.1) is 0 Å². The Balaban J connectivity index is 2.16. The van der Waals surface area contributed by atoms with Gasteiger partial charge in [-0.15, -0.1) is 11.3 Å². The van der Waals surface area contributed by atoms with Crippen LogP contribution in [0.2, 0.25) is 0 Å². The van der Waals surface area contributed by atoms with E-state index in [1.54, 1.807) is 23.5 Å². The van der Waals surface area contributed by atoms with Crippen LogP contribution >= 0.6 is 11.3 Å². The smallest absolute Gasteiger partial charge is 0.355 e. The molecule has 1 aromatic carbocycles. The number of carbonyl (C=O) groups is 1. The number of ether oxygens (including phenoxy) is 2. The van der Waals surface area contributed by atoms with Gasteiger partial charge in [0.05, 0.1) is 19.7 Å². The van der Waals surface area contributed by atoms with Crippen LogP contribution < -0.4 is 4.74 Å². The number of carbonyl (C=O) groups excluding carboxylic acids is 1. The van der Waals surface area contributed by atoms with E-state index in [2.05, 4.69) is 0 Å². The Bertz CT molecular complexity index is 1100. The molecule has 5 nitrogen and oxygen atoms in total. The summed E-state index contributed by atoms with van der Waals surface area (Å²) in [6, 6.07) is 11.1. The maximum absolute atomic E-state index is 12.2. The molecule has 0 aliphatic heterocycles. The van der Waals surface area contributed by atoms with Gasteiger partial charge in [-0.25, -0.2) is 4.79 Å². The predicted molar refractivity (Wildman–Crippen MR) is 97.8 cm³/mol. The Hall–Kier alpha value is -2.99. The highest BCUT2D eigenvalue weighted by atomic mass is 32.1. The number of hydrogen-bond donors (Lipinski definition) is 1. The molecule has 6 heteroatoms. The number of benzene rings is 1. The highest BCUT2D eigenvalue weighted by Gasteiger charge is 2.20. The molecule has 0 aliphatic carbocycles. The summed E-state index contributed by atoms with van der Waals surface area (Å²) < 4.78 is 12.0. The average molecular weight is 353 g/mol. The third kappa shape index (κ3) is 2.34. The molecule has 0 saturated carbocycles. The largest absolute Gasteiger partial charge is 0.504 e. The molecular formula is C19H15NO4S. The summed E-state index contributed by atoms with van der Waals surface area (Å²) in [4.78, 5) is 13.3. The molecule has 0 saturated heterocycles. The number of thiophene rings is 1. The number of rotatable bonds is 3. The second-order valence-corrected chi connectivity index (χ2v) is 6.51. The van der Waals surface area contributed by atoms with Gasteiger partial charge in [0.15, 0.2) is 11.5 Å². The van der Waals surface area contributed by atoms with Crippen LogP contribution in [0.25, 0.3) is 26.7 Å². The second-order valence-electron chi connectivity index (χ2n) is 5.56. The van der Waals surface area contributed by atoms with Gasteiger partial charge in [-0.1, -0.05) is 6.07 Å². The molecule has 25 heavy (non-hydrogen) atoms. The molecule has 0 spiro atoms. The van der Waals surface area contributed by atoms with Crippen LogP contribution in [0.3, 0.4) is 0 Å². The van der Waals surface area contributed by atoms with Crippen molar-refractivity contribution in [3.63, 3.8) is 0 Å². The summed E-state index contributed by atoms with van der Waals surface area (Å²) in [7, 11) is 2.88. The summed E-state index contributed by atoms with van der Waals surface area (Å²) in [5, 5.41) is 13.8. The molecule has 126 valence electrons. The topological polar surface area (TPSA) is 60.2 Å². The second kappa shape index (κ2) is 5.82. The van der Waals surface area contributed by atoms with E-state index in [1.165, 1.54) is 14.2 Å². The molecule has 0 bridgehead atoms. The molecule has 0 atom stereocenters.